The van der Waals surface area contributed by atoms with Crippen LogP contribution < -0.4 is 10.6 Å². The van der Waals surface area contributed by atoms with Crippen LogP contribution in [0.1, 0.15) is 37.1 Å². The number of aryl methyl sites for hydroxylation is 3. The fourth-order valence-electron chi connectivity index (χ4n) is 2.86. The van der Waals surface area contributed by atoms with Crippen molar-refractivity contribution in [2.75, 3.05) is 5.32 Å². The molecule has 2 N–H and O–H groups in total. The fourth-order valence-corrected chi connectivity index (χ4v) is 2.86. The molecule has 3 aromatic rings. The molecule has 2 aromatic heterocycles. The first-order valence-corrected chi connectivity index (χ1v) is 8.57. The zero-order valence-corrected chi connectivity index (χ0v) is 15.4. The predicted octanol–water partition coefficient (Wildman–Crippen LogP) is 2.98. The van der Waals surface area contributed by atoms with Gasteiger partial charge in [0, 0.05) is 17.9 Å². The van der Waals surface area contributed by atoms with Crippen LogP contribution in [0.5, 0.6) is 0 Å². The van der Waals surface area contributed by atoms with Gasteiger partial charge in [-0.25, -0.2) is 19.1 Å². The van der Waals surface area contributed by atoms with Crippen molar-refractivity contribution in [2.24, 2.45) is 0 Å². The Bertz CT molecular complexity index is 895. The van der Waals surface area contributed by atoms with Gasteiger partial charge in [-0.05, 0) is 58.0 Å². The van der Waals surface area contributed by atoms with Crippen molar-refractivity contribution in [1.82, 2.24) is 29.9 Å². The number of hydrogen-bond donors (Lipinski definition) is 2. The van der Waals surface area contributed by atoms with E-state index in [0.29, 0.717) is 12.2 Å². The topological polar surface area (TPSA) is 89.7 Å². The molecule has 0 aliphatic heterocycles. The van der Waals surface area contributed by atoms with Crippen LogP contribution in [0.4, 0.5) is 10.5 Å². The van der Waals surface area contributed by atoms with E-state index >= 15 is 0 Å². The zero-order valence-electron chi connectivity index (χ0n) is 15.4. The van der Waals surface area contributed by atoms with E-state index in [4.69, 9.17) is 0 Å². The van der Waals surface area contributed by atoms with Crippen LogP contribution in [-0.2, 0) is 6.54 Å². The summed E-state index contributed by atoms with van der Waals surface area (Å²) in [5, 5.41) is 14.3. The normalized spacial score (nSPS) is 12.0. The van der Waals surface area contributed by atoms with Gasteiger partial charge in [-0.15, -0.1) is 0 Å². The van der Waals surface area contributed by atoms with Crippen LogP contribution in [0.15, 0.2) is 36.7 Å². The van der Waals surface area contributed by atoms with Gasteiger partial charge in [-0.2, -0.15) is 10.2 Å². The number of benzene rings is 1. The first-order valence-electron chi connectivity index (χ1n) is 8.57. The first kappa shape index (κ1) is 17.7. The molecule has 3 rings (SSSR count). The number of amides is 2. The van der Waals surface area contributed by atoms with E-state index in [9.17, 15) is 4.79 Å². The van der Waals surface area contributed by atoms with Crippen LogP contribution in [0, 0.1) is 13.8 Å². The number of anilines is 1. The van der Waals surface area contributed by atoms with E-state index in [1.807, 2.05) is 62.7 Å². The van der Waals surface area contributed by atoms with E-state index in [0.717, 1.165) is 22.9 Å². The molecule has 8 nitrogen and oxygen atoms in total. The molecule has 0 aliphatic rings. The van der Waals surface area contributed by atoms with Gasteiger partial charge in [0.1, 0.15) is 12.2 Å². The number of aromatic nitrogens is 5. The number of hydrogen-bond acceptors (Lipinski definition) is 4. The molecular formula is C18H23N7O. The van der Waals surface area contributed by atoms with Crippen molar-refractivity contribution in [3.05, 3.63) is 53.9 Å². The van der Waals surface area contributed by atoms with Gasteiger partial charge in [-0.3, -0.25) is 0 Å². The van der Waals surface area contributed by atoms with Crippen molar-refractivity contribution < 1.29 is 4.79 Å². The average molecular weight is 353 g/mol. The summed E-state index contributed by atoms with van der Waals surface area (Å²) in [7, 11) is 0. The minimum Gasteiger partial charge on any atom is -0.328 e. The maximum atomic E-state index is 12.2. The Hall–Kier alpha value is -3.16. The molecule has 2 heterocycles. The van der Waals surface area contributed by atoms with Gasteiger partial charge in [0.2, 0.25) is 0 Å². The minimum absolute atomic E-state index is 0.244. The van der Waals surface area contributed by atoms with Crippen LogP contribution in [0.3, 0.4) is 0 Å². The van der Waals surface area contributed by atoms with Gasteiger partial charge < -0.3 is 10.6 Å². The summed E-state index contributed by atoms with van der Waals surface area (Å²) in [5.41, 5.74) is 3.69. The Labute approximate surface area is 152 Å². The Morgan fingerprint density at radius 1 is 1.23 bits per heavy atom. The summed E-state index contributed by atoms with van der Waals surface area (Å²) < 4.78 is 3.63. The predicted molar refractivity (Wildman–Crippen MR) is 99.3 cm³/mol. The lowest BCUT2D eigenvalue weighted by molar-refractivity contribution is 0.248. The van der Waals surface area contributed by atoms with Crippen molar-refractivity contribution >= 4 is 11.7 Å². The molecule has 26 heavy (non-hydrogen) atoms. The van der Waals surface area contributed by atoms with Crippen molar-refractivity contribution in [2.45, 2.75) is 40.3 Å². The highest BCUT2D eigenvalue weighted by atomic mass is 16.2. The van der Waals surface area contributed by atoms with Crippen molar-refractivity contribution in [1.29, 1.82) is 0 Å². The molecule has 2 amide bonds. The number of rotatable bonds is 5. The number of carbonyl (C=O) groups is 1. The van der Waals surface area contributed by atoms with Gasteiger partial charge in [0.25, 0.3) is 0 Å². The molecule has 0 unspecified atom stereocenters. The quantitative estimate of drug-likeness (QED) is 0.738. The largest absolute Gasteiger partial charge is 0.328 e. The fraction of sp³-hybridized carbons (Fsp3) is 0.333. The SMILES string of the molecule is CCn1ncnc1[C@H](C)NC(=O)Nc1ccc(-n2nc(C)cc2C)cc1. The second kappa shape index (κ2) is 7.38. The summed E-state index contributed by atoms with van der Waals surface area (Å²) in [6.45, 7) is 8.54. The van der Waals surface area contributed by atoms with Gasteiger partial charge >= 0.3 is 6.03 Å². The van der Waals surface area contributed by atoms with E-state index in [-0.39, 0.29) is 12.1 Å². The van der Waals surface area contributed by atoms with Crippen molar-refractivity contribution in [3.8, 4) is 5.69 Å². The number of urea groups is 1. The van der Waals surface area contributed by atoms with Gasteiger partial charge in [0.05, 0.1) is 17.4 Å². The molecule has 0 radical (unpaired) electrons. The Kier molecular flexibility index (Phi) is 5.01. The molecule has 0 saturated heterocycles. The summed E-state index contributed by atoms with van der Waals surface area (Å²) in [5.74, 6) is 0.725. The Morgan fingerprint density at radius 3 is 2.58 bits per heavy atom. The molecule has 0 saturated carbocycles. The average Bonchev–Trinajstić information content (AvgIpc) is 3.21. The Balaban J connectivity index is 1.63. The second-order valence-electron chi connectivity index (χ2n) is 6.14. The maximum Gasteiger partial charge on any atom is 0.319 e. The lowest BCUT2D eigenvalue weighted by Crippen LogP contribution is -2.32. The number of nitrogens with zero attached hydrogens (tertiary/aromatic N) is 5. The molecular weight excluding hydrogens is 330 g/mol. The first-order chi connectivity index (χ1) is 12.5. The summed E-state index contributed by atoms with van der Waals surface area (Å²) in [4.78, 5) is 16.4. The zero-order chi connectivity index (χ0) is 18.7. The van der Waals surface area contributed by atoms with E-state index in [1.165, 1.54) is 6.33 Å². The monoisotopic (exact) mass is 353 g/mol. The standard InChI is InChI=1S/C18H23N7O/c1-5-24-17(19-11-20-24)14(4)21-18(26)22-15-6-8-16(9-7-15)25-13(3)10-12(2)23-25/h6-11,14H,5H2,1-4H3,(H2,21,22,26)/t14-/m0/s1. The summed E-state index contributed by atoms with van der Waals surface area (Å²) in [6.07, 6.45) is 1.49. The lowest BCUT2D eigenvalue weighted by Gasteiger charge is -2.15. The summed E-state index contributed by atoms with van der Waals surface area (Å²) >= 11 is 0. The molecule has 0 spiro atoms. The molecule has 8 heteroatoms. The van der Waals surface area contributed by atoms with E-state index in [2.05, 4.69) is 25.8 Å². The third kappa shape index (κ3) is 3.74. The van der Waals surface area contributed by atoms with E-state index in [1.54, 1.807) is 4.68 Å². The highest BCUT2D eigenvalue weighted by Crippen LogP contribution is 2.16. The minimum atomic E-state index is -0.290. The molecule has 1 atom stereocenters. The van der Waals surface area contributed by atoms with Gasteiger partial charge in [-0.1, -0.05) is 0 Å². The highest BCUT2D eigenvalue weighted by Gasteiger charge is 2.15. The molecule has 0 aliphatic carbocycles. The van der Waals surface area contributed by atoms with E-state index < -0.39 is 0 Å². The smallest absolute Gasteiger partial charge is 0.319 e. The maximum absolute atomic E-state index is 12.2. The third-order valence-electron chi connectivity index (χ3n) is 4.06. The summed E-state index contributed by atoms with van der Waals surface area (Å²) in [6, 6.07) is 9.04. The number of carbonyl (C=O) groups excluding carboxylic acids is 1. The molecule has 0 bridgehead atoms. The molecule has 136 valence electrons. The Morgan fingerprint density at radius 2 is 1.96 bits per heavy atom. The lowest BCUT2D eigenvalue weighted by atomic mass is 10.2. The van der Waals surface area contributed by atoms with Crippen LogP contribution >= 0.6 is 0 Å². The second-order valence-corrected chi connectivity index (χ2v) is 6.14. The van der Waals surface area contributed by atoms with Crippen LogP contribution in [0.25, 0.3) is 5.69 Å². The number of nitrogens with one attached hydrogen (secondary N) is 2. The van der Waals surface area contributed by atoms with Gasteiger partial charge in [0.15, 0.2) is 0 Å². The highest BCUT2D eigenvalue weighted by molar-refractivity contribution is 5.89. The molecule has 1 aromatic carbocycles. The third-order valence-corrected chi connectivity index (χ3v) is 4.06. The van der Waals surface area contributed by atoms with Crippen LogP contribution in [-0.4, -0.2) is 30.6 Å². The van der Waals surface area contributed by atoms with Crippen molar-refractivity contribution in [3.63, 3.8) is 0 Å². The van der Waals surface area contributed by atoms with Crippen LogP contribution in [0.2, 0.25) is 0 Å². The molecule has 0 fully saturated rings.